The number of amides is 2. The summed E-state index contributed by atoms with van der Waals surface area (Å²) in [6.45, 7) is 1.81. The second kappa shape index (κ2) is 8.53. The average molecular weight is 345 g/mol. The van der Waals surface area contributed by atoms with Crippen molar-refractivity contribution in [2.75, 3.05) is 14.2 Å². The molecule has 2 amide bonds. The molecular formula is C17H19N3O5. The summed E-state index contributed by atoms with van der Waals surface area (Å²) in [5.74, 6) is 0.0312. The van der Waals surface area contributed by atoms with E-state index in [0.717, 1.165) is 0 Å². The molecule has 2 aromatic rings. The number of carbonyl (C=O) groups excluding carboxylic acids is 2. The van der Waals surface area contributed by atoms with Crippen LogP contribution in [0.25, 0.3) is 0 Å². The van der Waals surface area contributed by atoms with Crippen molar-refractivity contribution in [2.45, 2.75) is 13.5 Å². The number of furan rings is 1. The number of hydrogen-bond acceptors (Lipinski definition) is 6. The zero-order chi connectivity index (χ0) is 18.2. The second-order valence-corrected chi connectivity index (χ2v) is 4.97. The molecule has 0 atom stereocenters. The lowest BCUT2D eigenvalue weighted by atomic mass is 10.1. The van der Waals surface area contributed by atoms with E-state index in [-0.39, 0.29) is 6.54 Å². The Bertz CT molecular complexity index is 769. The van der Waals surface area contributed by atoms with Crippen LogP contribution in [0.1, 0.15) is 18.2 Å². The van der Waals surface area contributed by atoms with Gasteiger partial charge in [-0.25, -0.2) is 5.43 Å². The lowest BCUT2D eigenvalue weighted by Crippen LogP contribution is -2.37. The summed E-state index contributed by atoms with van der Waals surface area (Å²) in [4.78, 5) is 23.5. The van der Waals surface area contributed by atoms with Crippen molar-refractivity contribution in [2.24, 2.45) is 5.10 Å². The standard InChI is InChI=1S/C17H19N3O5/c1-11(14-7-6-12(23-2)9-15(14)24-3)19-20-17(22)16(21)18-10-13-5-4-8-25-13/h4-9H,10H2,1-3H3,(H,18,21)(H,20,22)/b19-11-. The molecule has 1 aromatic carbocycles. The third-order valence-electron chi connectivity index (χ3n) is 3.33. The van der Waals surface area contributed by atoms with E-state index >= 15 is 0 Å². The van der Waals surface area contributed by atoms with E-state index in [4.69, 9.17) is 13.9 Å². The molecule has 8 nitrogen and oxygen atoms in total. The van der Waals surface area contributed by atoms with Crippen LogP contribution in [0.5, 0.6) is 11.5 Å². The highest BCUT2D eigenvalue weighted by Gasteiger charge is 2.14. The van der Waals surface area contributed by atoms with Crippen molar-refractivity contribution in [3.05, 3.63) is 47.9 Å². The van der Waals surface area contributed by atoms with Crippen molar-refractivity contribution < 1.29 is 23.5 Å². The fourth-order valence-electron chi connectivity index (χ4n) is 2.00. The molecule has 132 valence electrons. The Balaban J connectivity index is 1.97. The van der Waals surface area contributed by atoms with Crippen molar-refractivity contribution in [3.63, 3.8) is 0 Å². The molecule has 0 aliphatic heterocycles. The molecule has 0 fully saturated rings. The van der Waals surface area contributed by atoms with Gasteiger partial charge in [0.05, 0.1) is 32.7 Å². The van der Waals surface area contributed by atoms with Gasteiger partial charge in [-0.3, -0.25) is 9.59 Å². The predicted molar refractivity (Wildman–Crippen MR) is 90.5 cm³/mol. The Hall–Kier alpha value is -3.29. The topological polar surface area (TPSA) is 102 Å². The molecule has 8 heteroatoms. The Morgan fingerprint density at radius 2 is 1.96 bits per heavy atom. The zero-order valence-electron chi connectivity index (χ0n) is 14.2. The number of hydrazone groups is 1. The van der Waals surface area contributed by atoms with Crippen LogP contribution in [0.4, 0.5) is 0 Å². The molecule has 0 radical (unpaired) electrons. The van der Waals surface area contributed by atoms with Crippen LogP contribution in [-0.2, 0) is 16.1 Å². The molecule has 0 unspecified atom stereocenters. The first-order valence-electron chi connectivity index (χ1n) is 7.42. The number of nitrogens with zero attached hydrogens (tertiary/aromatic N) is 1. The van der Waals surface area contributed by atoms with Crippen molar-refractivity contribution >= 4 is 17.5 Å². The van der Waals surface area contributed by atoms with Crippen molar-refractivity contribution in [3.8, 4) is 11.5 Å². The second-order valence-electron chi connectivity index (χ2n) is 4.97. The predicted octanol–water partition coefficient (Wildman–Crippen LogP) is 1.45. The number of benzene rings is 1. The van der Waals surface area contributed by atoms with Crippen LogP contribution in [0.3, 0.4) is 0 Å². The van der Waals surface area contributed by atoms with Gasteiger partial charge in [0.1, 0.15) is 17.3 Å². The summed E-state index contributed by atoms with van der Waals surface area (Å²) < 4.78 is 15.5. The molecule has 25 heavy (non-hydrogen) atoms. The van der Waals surface area contributed by atoms with Crippen LogP contribution < -0.4 is 20.2 Å². The third-order valence-corrected chi connectivity index (χ3v) is 3.33. The molecule has 1 heterocycles. The first kappa shape index (κ1) is 18.1. The minimum Gasteiger partial charge on any atom is -0.497 e. The van der Waals surface area contributed by atoms with Gasteiger partial charge in [0, 0.05) is 11.6 Å². The first-order valence-corrected chi connectivity index (χ1v) is 7.42. The maximum Gasteiger partial charge on any atom is 0.329 e. The number of nitrogens with one attached hydrogen (secondary N) is 2. The van der Waals surface area contributed by atoms with E-state index < -0.39 is 11.8 Å². The van der Waals surface area contributed by atoms with E-state index in [0.29, 0.717) is 28.5 Å². The Morgan fingerprint density at radius 1 is 1.16 bits per heavy atom. The van der Waals surface area contributed by atoms with Gasteiger partial charge in [0.25, 0.3) is 0 Å². The first-order chi connectivity index (χ1) is 12.0. The molecule has 0 aliphatic rings. The van der Waals surface area contributed by atoms with Gasteiger partial charge in [-0.15, -0.1) is 0 Å². The van der Waals surface area contributed by atoms with E-state index in [9.17, 15) is 9.59 Å². The average Bonchev–Trinajstić information content (AvgIpc) is 3.16. The van der Waals surface area contributed by atoms with Gasteiger partial charge in [-0.2, -0.15) is 5.10 Å². The summed E-state index contributed by atoms with van der Waals surface area (Å²) in [6.07, 6.45) is 1.48. The van der Waals surface area contributed by atoms with E-state index in [2.05, 4.69) is 15.8 Å². The minimum absolute atomic E-state index is 0.119. The molecule has 2 N–H and O–H groups in total. The summed E-state index contributed by atoms with van der Waals surface area (Å²) in [6, 6.07) is 8.58. The number of ether oxygens (including phenoxy) is 2. The molecule has 0 bridgehead atoms. The fourth-order valence-corrected chi connectivity index (χ4v) is 2.00. The molecule has 2 rings (SSSR count). The summed E-state index contributed by atoms with van der Waals surface area (Å²) in [5, 5.41) is 6.37. The van der Waals surface area contributed by atoms with Gasteiger partial charge in [0.15, 0.2) is 0 Å². The smallest absolute Gasteiger partial charge is 0.329 e. The van der Waals surface area contributed by atoms with Crippen LogP contribution in [-0.4, -0.2) is 31.7 Å². The van der Waals surface area contributed by atoms with Crippen LogP contribution in [0.15, 0.2) is 46.1 Å². The SMILES string of the molecule is COc1ccc(/C(C)=N\NC(=O)C(=O)NCc2ccco2)c(OC)c1. The van der Waals surface area contributed by atoms with Gasteiger partial charge >= 0.3 is 11.8 Å². The number of rotatable bonds is 6. The zero-order valence-corrected chi connectivity index (χ0v) is 14.2. The number of carbonyl (C=O) groups is 2. The minimum atomic E-state index is -0.876. The summed E-state index contributed by atoms with van der Waals surface area (Å²) in [7, 11) is 3.07. The highest BCUT2D eigenvalue weighted by molar-refractivity contribution is 6.35. The van der Waals surface area contributed by atoms with Gasteiger partial charge in [-0.1, -0.05) is 0 Å². The highest BCUT2D eigenvalue weighted by Crippen LogP contribution is 2.24. The third kappa shape index (κ3) is 4.84. The molecule has 0 saturated carbocycles. The molecular weight excluding hydrogens is 326 g/mol. The highest BCUT2D eigenvalue weighted by atomic mass is 16.5. The summed E-state index contributed by atoms with van der Waals surface area (Å²) >= 11 is 0. The van der Waals surface area contributed by atoms with Crippen molar-refractivity contribution in [1.82, 2.24) is 10.7 Å². The van der Waals surface area contributed by atoms with Crippen LogP contribution in [0, 0.1) is 0 Å². The van der Waals surface area contributed by atoms with E-state index in [1.165, 1.54) is 13.4 Å². The lowest BCUT2D eigenvalue weighted by molar-refractivity contribution is -0.139. The molecule has 0 aliphatic carbocycles. The molecule has 0 saturated heterocycles. The number of hydrogen-bond donors (Lipinski definition) is 2. The van der Waals surface area contributed by atoms with E-state index in [1.807, 2.05) is 0 Å². The fraction of sp³-hybridized carbons (Fsp3) is 0.235. The van der Waals surface area contributed by atoms with Crippen LogP contribution in [0.2, 0.25) is 0 Å². The molecule has 0 spiro atoms. The normalized spacial score (nSPS) is 10.9. The summed E-state index contributed by atoms with van der Waals surface area (Å²) in [5.41, 5.74) is 3.35. The largest absolute Gasteiger partial charge is 0.497 e. The maximum absolute atomic E-state index is 11.8. The Kier molecular flexibility index (Phi) is 6.16. The van der Waals surface area contributed by atoms with Gasteiger partial charge < -0.3 is 19.2 Å². The number of methoxy groups -OCH3 is 2. The van der Waals surface area contributed by atoms with Crippen LogP contribution >= 0.6 is 0 Å². The lowest BCUT2D eigenvalue weighted by Gasteiger charge is -2.10. The van der Waals surface area contributed by atoms with Crippen molar-refractivity contribution in [1.29, 1.82) is 0 Å². The van der Waals surface area contributed by atoms with Gasteiger partial charge in [-0.05, 0) is 31.2 Å². The van der Waals surface area contributed by atoms with E-state index in [1.54, 1.807) is 44.4 Å². The monoisotopic (exact) mass is 345 g/mol. The maximum atomic E-state index is 11.8. The molecule has 1 aromatic heterocycles. The Morgan fingerprint density at radius 3 is 2.60 bits per heavy atom. The quantitative estimate of drug-likeness (QED) is 0.469. The Labute approximate surface area is 144 Å². The van der Waals surface area contributed by atoms with Gasteiger partial charge in [0.2, 0.25) is 0 Å².